The number of nitrogens with zero attached hydrogens (tertiary/aromatic N) is 1. The Morgan fingerprint density at radius 3 is 2.76 bits per heavy atom. The lowest BCUT2D eigenvalue weighted by Gasteiger charge is -2.34. The molecule has 1 aliphatic heterocycles. The fourth-order valence-corrected chi connectivity index (χ4v) is 2.19. The van der Waals surface area contributed by atoms with Crippen LogP contribution in [0.25, 0.3) is 0 Å². The van der Waals surface area contributed by atoms with Crippen molar-refractivity contribution in [1.82, 2.24) is 4.90 Å². The first-order valence-corrected chi connectivity index (χ1v) is 5.97. The highest BCUT2D eigenvalue weighted by Gasteiger charge is 2.28. The highest BCUT2D eigenvalue weighted by Crippen LogP contribution is 2.20. The molecule has 2 unspecified atom stereocenters. The van der Waals surface area contributed by atoms with Crippen LogP contribution in [0.4, 0.5) is 4.39 Å². The van der Waals surface area contributed by atoms with Gasteiger partial charge in [0, 0.05) is 19.1 Å². The van der Waals surface area contributed by atoms with E-state index in [9.17, 15) is 4.39 Å². The molecule has 0 aromatic heterocycles. The molecule has 0 aliphatic carbocycles. The zero-order valence-electron chi connectivity index (χ0n) is 10.1. The number of hydrogen-bond donors (Lipinski definition) is 1. The quantitative estimate of drug-likeness (QED) is 0.818. The molecule has 0 bridgehead atoms. The first-order chi connectivity index (χ1) is 8.20. The standard InChI is InChI=1S/C13H19FN2O/c1-17-11-6-4-10(5-7-11)9-16-8-2-3-12(15)13(16)14/h4-7,12-13H,2-3,8-9,15H2,1H3. The van der Waals surface area contributed by atoms with E-state index in [1.807, 2.05) is 24.3 Å². The summed E-state index contributed by atoms with van der Waals surface area (Å²) in [6.07, 6.45) is 0.726. The Bertz CT molecular complexity index is 355. The zero-order chi connectivity index (χ0) is 12.3. The second kappa shape index (κ2) is 5.47. The number of alkyl halides is 1. The van der Waals surface area contributed by atoms with Crippen molar-refractivity contribution in [2.45, 2.75) is 31.7 Å². The minimum Gasteiger partial charge on any atom is -0.497 e. The Kier molecular flexibility index (Phi) is 3.97. The van der Waals surface area contributed by atoms with Gasteiger partial charge in [-0.15, -0.1) is 0 Å². The molecule has 0 saturated carbocycles. The molecule has 0 spiro atoms. The maximum absolute atomic E-state index is 13.8. The van der Waals surface area contributed by atoms with Gasteiger partial charge in [0.2, 0.25) is 0 Å². The smallest absolute Gasteiger partial charge is 0.169 e. The SMILES string of the molecule is COc1ccc(CN2CCCC(N)C2F)cc1. The van der Waals surface area contributed by atoms with Crippen LogP contribution in [0.1, 0.15) is 18.4 Å². The summed E-state index contributed by atoms with van der Waals surface area (Å²) >= 11 is 0. The minimum absolute atomic E-state index is 0.345. The molecule has 2 N–H and O–H groups in total. The van der Waals surface area contributed by atoms with Crippen molar-refractivity contribution in [2.75, 3.05) is 13.7 Å². The Labute approximate surface area is 101 Å². The average Bonchev–Trinajstić information content (AvgIpc) is 2.36. The van der Waals surface area contributed by atoms with Crippen LogP contribution in [0.15, 0.2) is 24.3 Å². The number of hydrogen-bond acceptors (Lipinski definition) is 3. The maximum Gasteiger partial charge on any atom is 0.169 e. The fourth-order valence-electron chi connectivity index (χ4n) is 2.19. The first kappa shape index (κ1) is 12.3. The summed E-state index contributed by atoms with van der Waals surface area (Å²) in [7, 11) is 1.64. The highest BCUT2D eigenvalue weighted by atomic mass is 19.1. The summed E-state index contributed by atoms with van der Waals surface area (Å²) < 4.78 is 18.9. The molecule has 4 heteroatoms. The molecular weight excluding hydrogens is 219 g/mol. The second-order valence-corrected chi connectivity index (χ2v) is 4.50. The molecule has 17 heavy (non-hydrogen) atoms. The van der Waals surface area contributed by atoms with Crippen LogP contribution in [0.2, 0.25) is 0 Å². The van der Waals surface area contributed by atoms with Gasteiger partial charge in [-0.05, 0) is 30.5 Å². The van der Waals surface area contributed by atoms with E-state index in [1.54, 1.807) is 12.0 Å². The van der Waals surface area contributed by atoms with Gasteiger partial charge in [-0.3, -0.25) is 4.90 Å². The van der Waals surface area contributed by atoms with Crippen LogP contribution in [0.3, 0.4) is 0 Å². The van der Waals surface area contributed by atoms with Gasteiger partial charge < -0.3 is 10.5 Å². The number of piperidine rings is 1. The topological polar surface area (TPSA) is 38.5 Å². The van der Waals surface area contributed by atoms with E-state index in [0.29, 0.717) is 6.54 Å². The number of ether oxygens (including phenoxy) is 1. The average molecular weight is 238 g/mol. The second-order valence-electron chi connectivity index (χ2n) is 4.50. The third kappa shape index (κ3) is 2.96. The minimum atomic E-state index is -1.02. The largest absolute Gasteiger partial charge is 0.497 e. The van der Waals surface area contributed by atoms with Gasteiger partial charge in [-0.1, -0.05) is 12.1 Å². The van der Waals surface area contributed by atoms with Crippen molar-refractivity contribution in [2.24, 2.45) is 5.73 Å². The van der Waals surface area contributed by atoms with Gasteiger partial charge in [0.15, 0.2) is 6.30 Å². The summed E-state index contributed by atoms with van der Waals surface area (Å²) in [6.45, 7) is 1.39. The Hall–Kier alpha value is -1.13. The van der Waals surface area contributed by atoms with Gasteiger partial charge in [0.25, 0.3) is 0 Å². The Morgan fingerprint density at radius 2 is 2.12 bits per heavy atom. The predicted molar refractivity (Wildman–Crippen MR) is 65.5 cm³/mol. The maximum atomic E-state index is 13.8. The van der Waals surface area contributed by atoms with E-state index in [1.165, 1.54) is 0 Å². The predicted octanol–water partition coefficient (Wildman–Crippen LogP) is 1.91. The van der Waals surface area contributed by atoms with Gasteiger partial charge >= 0.3 is 0 Å². The van der Waals surface area contributed by atoms with Crippen LogP contribution in [0.5, 0.6) is 5.75 Å². The molecule has 1 fully saturated rings. The molecule has 1 saturated heterocycles. The van der Waals surface area contributed by atoms with Crippen LogP contribution in [-0.4, -0.2) is 30.9 Å². The van der Waals surface area contributed by atoms with Crippen molar-refractivity contribution < 1.29 is 9.13 Å². The zero-order valence-corrected chi connectivity index (χ0v) is 10.1. The molecule has 2 atom stereocenters. The van der Waals surface area contributed by atoms with E-state index < -0.39 is 6.30 Å². The van der Waals surface area contributed by atoms with Crippen LogP contribution in [0, 0.1) is 0 Å². The molecule has 94 valence electrons. The van der Waals surface area contributed by atoms with E-state index in [2.05, 4.69) is 0 Å². The number of likely N-dealkylation sites (tertiary alicyclic amines) is 1. The van der Waals surface area contributed by atoms with Crippen molar-refractivity contribution in [3.63, 3.8) is 0 Å². The van der Waals surface area contributed by atoms with E-state index in [0.717, 1.165) is 30.7 Å². The number of halogens is 1. The summed E-state index contributed by atoms with van der Waals surface area (Å²) in [4.78, 5) is 1.80. The highest BCUT2D eigenvalue weighted by molar-refractivity contribution is 5.27. The molecule has 1 aliphatic rings. The third-order valence-corrected chi connectivity index (χ3v) is 3.23. The molecule has 2 rings (SSSR count). The van der Waals surface area contributed by atoms with Crippen molar-refractivity contribution in [3.05, 3.63) is 29.8 Å². The normalized spacial score (nSPS) is 25.8. The van der Waals surface area contributed by atoms with E-state index in [4.69, 9.17) is 10.5 Å². The van der Waals surface area contributed by atoms with Crippen molar-refractivity contribution >= 4 is 0 Å². The lowest BCUT2D eigenvalue weighted by molar-refractivity contribution is 0.0232. The van der Waals surface area contributed by atoms with Crippen molar-refractivity contribution in [3.8, 4) is 5.75 Å². The number of benzene rings is 1. The van der Waals surface area contributed by atoms with Crippen LogP contribution >= 0.6 is 0 Å². The summed E-state index contributed by atoms with van der Waals surface area (Å²) in [5, 5.41) is 0. The Balaban J connectivity index is 1.99. The van der Waals surface area contributed by atoms with E-state index >= 15 is 0 Å². The number of nitrogens with two attached hydrogens (primary N) is 1. The van der Waals surface area contributed by atoms with Gasteiger partial charge in [0.05, 0.1) is 7.11 Å². The molecular formula is C13H19FN2O. The van der Waals surface area contributed by atoms with Gasteiger partial charge in [0.1, 0.15) is 5.75 Å². The summed E-state index contributed by atoms with van der Waals surface area (Å²) in [5.74, 6) is 0.820. The molecule has 1 aromatic carbocycles. The number of rotatable bonds is 3. The monoisotopic (exact) mass is 238 g/mol. The van der Waals surface area contributed by atoms with Crippen LogP contribution in [-0.2, 0) is 6.54 Å². The molecule has 1 aromatic rings. The Morgan fingerprint density at radius 1 is 1.41 bits per heavy atom. The third-order valence-electron chi connectivity index (χ3n) is 3.23. The molecule has 3 nitrogen and oxygen atoms in total. The first-order valence-electron chi connectivity index (χ1n) is 5.97. The fraction of sp³-hybridized carbons (Fsp3) is 0.538. The number of methoxy groups -OCH3 is 1. The summed E-state index contributed by atoms with van der Waals surface area (Å²) in [6, 6.07) is 7.37. The van der Waals surface area contributed by atoms with Gasteiger partial charge in [-0.25, -0.2) is 4.39 Å². The lowest BCUT2D eigenvalue weighted by Crippen LogP contribution is -2.48. The molecule has 0 amide bonds. The van der Waals surface area contributed by atoms with Crippen LogP contribution < -0.4 is 10.5 Å². The summed E-state index contributed by atoms with van der Waals surface area (Å²) in [5.41, 5.74) is 6.82. The molecule has 1 heterocycles. The van der Waals surface area contributed by atoms with E-state index in [-0.39, 0.29) is 6.04 Å². The van der Waals surface area contributed by atoms with Crippen molar-refractivity contribution in [1.29, 1.82) is 0 Å². The molecule has 0 radical (unpaired) electrons. The lowest BCUT2D eigenvalue weighted by atomic mass is 10.0. The van der Waals surface area contributed by atoms with Gasteiger partial charge in [-0.2, -0.15) is 0 Å².